The highest BCUT2D eigenvalue weighted by Crippen LogP contribution is 2.33. The van der Waals surface area contributed by atoms with Gasteiger partial charge in [0.25, 0.3) is 0 Å². The maximum Gasteiger partial charge on any atom is 0.490 e. The fourth-order valence-corrected chi connectivity index (χ4v) is 3.53. The minimum absolute atomic E-state index is 0.210. The fraction of sp³-hybridized carbons (Fsp3) is 0.650. The summed E-state index contributed by atoms with van der Waals surface area (Å²) < 4.78 is 80.6. The van der Waals surface area contributed by atoms with Gasteiger partial charge in [-0.3, -0.25) is 4.90 Å². The SMILES string of the molecule is CCO[C@H]1CC[C@H]2[C@H]1OCCN2Cc1cccnc1OC.O=C(O)C(F)(F)F.O=C(O)C(F)(F)F. The summed E-state index contributed by atoms with van der Waals surface area (Å²) in [6.45, 7) is 5.40. The first kappa shape index (κ1) is 30.4. The van der Waals surface area contributed by atoms with E-state index in [2.05, 4.69) is 22.9 Å². The van der Waals surface area contributed by atoms with Crippen LogP contribution in [0.3, 0.4) is 0 Å². The Morgan fingerprint density at radius 3 is 2.20 bits per heavy atom. The Balaban J connectivity index is 0.000000362. The highest BCUT2D eigenvalue weighted by molar-refractivity contribution is 5.73. The Hall–Kier alpha value is -2.65. The third-order valence-corrected chi connectivity index (χ3v) is 4.93. The Labute approximate surface area is 196 Å². The minimum Gasteiger partial charge on any atom is -0.481 e. The van der Waals surface area contributed by atoms with Crippen LogP contribution in [-0.2, 0) is 25.6 Å². The summed E-state index contributed by atoms with van der Waals surface area (Å²) in [5.41, 5.74) is 1.14. The molecule has 1 aliphatic carbocycles. The number of carbonyl (C=O) groups is 2. The standard InChI is InChI=1S/C16H24N2O3.2C2HF3O2/c1-3-20-14-7-6-13-15(14)21-10-9-18(13)11-12-5-4-8-17-16(12)19-2;2*3-2(4,5)1(6)7/h4-5,8,13-15H,3,6-7,9-11H2,1-2H3;2*(H,6,7)/t13-,14-,15+;;/m0../s1. The molecule has 1 saturated heterocycles. The molecule has 2 N–H and O–H groups in total. The number of hydrogen-bond acceptors (Lipinski definition) is 7. The van der Waals surface area contributed by atoms with Crippen LogP contribution in [0.1, 0.15) is 25.3 Å². The van der Waals surface area contributed by atoms with Crippen LogP contribution in [0.4, 0.5) is 26.3 Å². The number of rotatable bonds is 5. The van der Waals surface area contributed by atoms with Gasteiger partial charge in [0, 0.05) is 37.5 Å². The van der Waals surface area contributed by atoms with Crippen molar-refractivity contribution in [3.05, 3.63) is 23.9 Å². The molecule has 2 heterocycles. The lowest BCUT2D eigenvalue weighted by molar-refractivity contribution is -0.193. The number of nitrogens with zero attached hydrogens (tertiary/aromatic N) is 2. The van der Waals surface area contributed by atoms with Gasteiger partial charge in [-0.25, -0.2) is 14.6 Å². The highest BCUT2D eigenvalue weighted by Gasteiger charge is 2.43. The molecule has 9 nitrogen and oxygen atoms in total. The van der Waals surface area contributed by atoms with Crippen molar-refractivity contribution < 1.29 is 60.4 Å². The summed E-state index contributed by atoms with van der Waals surface area (Å²) in [5.74, 6) is -4.79. The maximum atomic E-state index is 10.6. The molecule has 15 heteroatoms. The molecule has 1 aromatic rings. The number of methoxy groups -OCH3 is 1. The molecule has 200 valence electrons. The number of ether oxygens (including phenoxy) is 3. The van der Waals surface area contributed by atoms with Crippen LogP contribution < -0.4 is 4.74 Å². The number of aliphatic carboxylic acids is 2. The van der Waals surface area contributed by atoms with Gasteiger partial charge in [0.15, 0.2) is 0 Å². The van der Waals surface area contributed by atoms with Crippen LogP contribution in [0.15, 0.2) is 18.3 Å². The number of carboxylic acid groups (broad SMARTS) is 2. The van der Waals surface area contributed by atoms with Crippen molar-refractivity contribution >= 4 is 11.9 Å². The Morgan fingerprint density at radius 2 is 1.71 bits per heavy atom. The van der Waals surface area contributed by atoms with Crippen LogP contribution in [0, 0.1) is 0 Å². The Kier molecular flexibility index (Phi) is 11.7. The van der Waals surface area contributed by atoms with Crippen molar-refractivity contribution in [3.8, 4) is 5.88 Å². The summed E-state index contributed by atoms with van der Waals surface area (Å²) in [6, 6.07) is 4.50. The Morgan fingerprint density at radius 1 is 1.14 bits per heavy atom. The van der Waals surface area contributed by atoms with Gasteiger partial charge >= 0.3 is 24.3 Å². The van der Waals surface area contributed by atoms with E-state index < -0.39 is 24.3 Å². The second kappa shape index (κ2) is 13.4. The molecule has 35 heavy (non-hydrogen) atoms. The van der Waals surface area contributed by atoms with Crippen molar-refractivity contribution in [2.75, 3.05) is 26.9 Å². The van der Waals surface area contributed by atoms with Crippen molar-refractivity contribution in [3.63, 3.8) is 0 Å². The molecule has 1 aliphatic heterocycles. The predicted molar refractivity (Wildman–Crippen MR) is 107 cm³/mol. The molecule has 0 bridgehead atoms. The van der Waals surface area contributed by atoms with E-state index in [1.807, 2.05) is 6.07 Å². The van der Waals surface area contributed by atoms with E-state index in [1.165, 1.54) is 0 Å². The van der Waals surface area contributed by atoms with Crippen LogP contribution in [0.2, 0.25) is 0 Å². The van der Waals surface area contributed by atoms with E-state index >= 15 is 0 Å². The van der Waals surface area contributed by atoms with E-state index in [0.717, 1.165) is 50.6 Å². The molecule has 0 unspecified atom stereocenters. The fourth-order valence-electron chi connectivity index (χ4n) is 3.53. The lowest BCUT2D eigenvalue weighted by Gasteiger charge is -2.39. The lowest BCUT2D eigenvalue weighted by Crippen LogP contribution is -2.51. The summed E-state index contributed by atoms with van der Waals surface area (Å²) in [5, 5.41) is 14.2. The van der Waals surface area contributed by atoms with Gasteiger partial charge in [-0.05, 0) is 25.8 Å². The molecule has 0 aromatic carbocycles. The molecule has 2 fully saturated rings. The predicted octanol–water partition coefficient (Wildman–Crippen LogP) is 3.13. The van der Waals surface area contributed by atoms with Crippen molar-refractivity contribution in [1.82, 2.24) is 9.88 Å². The first-order valence-corrected chi connectivity index (χ1v) is 10.3. The van der Waals surface area contributed by atoms with Gasteiger partial charge in [0.1, 0.15) is 0 Å². The molecule has 3 atom stereocenters. The van der Waals surface area contributed by atoms with Crippen molar-refractivity contribution in [2.45, 2.75) is 56.9 Å². The summed E-state index contributed by atoms with van der Waals surface area (Å²) in [6.07, 6.45) is -5.72. The molecule has 0 amide bonds. The summed E-state index contributed by atoms with van der Waals surface area (Å²) >= 11 is 0. The topological polar surface area (TPSA) is 118 Å². The van der Waals surface area contributed by atoms with Crippen LogP contribution in [0.5, 0.6) is 5.88 Å². The molecule has 0 radical (unpaired) electrons. The van der Waals surface area contributed by atoms with Crippen LogP contribution >= 0.6 is 0 Å². The van der Waals surface area contributed by atoms with Gasteiger partial charge in [-0.2, -0.15) is 26.3 Å². The molecule has 3 rings (SSSR count). The Bertz CT molecular complexity index is 798. The summed E-state index contributed by atoms with van der Waals surface area (Å²) in [4.78, 5) is 24.6. The third kappa shape index (κ3) is 9.85. The van der Waals surface area contributed by atoms with E-state index in [4.69, 9.17) is 34.0 Å². The number of fused-ring (bicyclic) bond motifs is 1. The second-order valence-corrected chi connectivity index (χ2v) is 7.22. The zero-order valence-corrected chi connectivity index (χ0v) is 18.8. The van der Waals surface area contributed by atoms with E-state index in [-0.39, 0.29) is 12.2 Å². The molecule has 0 spiro atoms. The molecular formula is C20H26F6N2O7. The van der Waals surface area contributed by atoms with Crippen molar-refractivity contribution in [2.24, 2.45) is 0 Å². The number of carboxylic acids is 2. The number of aromatic nitrogens is 1. The molecule has 1 aromatic heterocycles. The van der Waals surface area contributed by atoms with E-state index in [1.54, 1.807) is 13.3 Å². The average Bonchev–Trinajstić information content (AvgIpc) is 3.18. The van der Waals surface area contributed by atoms with Gasteiger partial charge in [-0.15, -0.1) is 0 Å². The number of morpholine rings is 1. The largest absolute Gasteiger partial charge is 0.490 e. The molecule has 1 saturated carbocycles. The number of alkyl halides is 6. The van der Waals surface area contributed by atoms with E-state index in [0.29, 0.717) is 6.04 Å². The highest BCUT2D eigenvalue weighted by atomic mass is 19.4. The van der Waals surface area contributed by atoms with E-state index in [9.17, 15) is 26.3 Å². The number of halogens is 6. The lowest BCUT2D eigenvalue weighted by atomic mass is 10.1. The summed E-state index contributed by atoms with van der Waals surface area (Å²) in [7, 11) is 1.68. The third-order valence-electron chi connectivity index (χ3n) is 4.93. The van der Waals surface area contributed by atoms with Gasteiger partial charge in [0.05, 0.1) is 25.9 Å². The van der Waals surface area contributed by atoms with Gasteiger partial charge in [-0.1, -0.05) is 6.07 Å². The monoisotopic (exact) mass is 520 g/mol. The number of hydrogen-bond donors (Lipinski definition) is 2. The second-order valence-electron chi connectivity index (χ2n) is 7.22. The first-order valence-electron chi connectivity index (χ1n) is 10.3. The zero-order chi connectivity index (χ0) is 26.8. The molecular weight excluding hydrogens is 494 g/mol. The van der Waals surface area contributed by atoms with Gasteiger partial charge in [0.2, 0.25) is 5.88 Å². The average molecular weight is 520 g/mol. The van der Waals surface area contributed by atoms with Gasteiger partial charge < -0.3 is 24.4 Å². The van der Waals surface area contributed by atoms with Crippen LogP contribution in [-0.4, -0.2) is 89.5 Å². The first-order chi connectivity index (χ1) is 16.2. The van der Waals surface area contributed by atoms with Crippen molar-refractivity contribution in [1.29, 1.82) is 0 Å². The minimum atomic E-state index is -5.08. The maximum absolute atomic E-state index is 10.6. The normalized spacial score (nSPS) is 22.1. The number of pyridine rings is 1. The quantitative estimate of drug-likeness (QED) is 0.565. The van der Waals surface area contributed by atoms with Crippen LogP contribution in [0.25, 0.3) is 0 Å². The zero-order valence-electron chi connectivity index (χ0n) is 18.8. The molecule has 2 aliphatic rings. The smallest absolute Gasteiger partial charge is 0.481 e.